The topological polar surface area (TPSA) is 54.0 Å². The van der Waals surface area contributed by atoms with Gasteiger partial charge in [-0.05, 0) is 31.1 Å². The summed E-state index contributed by atoms with van der Waals surface area (Å²) in [5.74, 6) is 0.0203. The van der Waals surface area contributed by atoms with E-state index in [1.54, 1.807) is 6.92 Å². The fourth-order valence-electron chi connectivity index (χ4n) is 5.64. The van der Waals surface area contributed by atoms with Crippen LogP contribution >= 0.6 is 0 Å². The van der Waals surface area contributed by atoms with Crippen LogP contribution < -0.4 is 0 Å². The molecule has 5 heteroatoms. The van der Waals surface area contributed by atoms with Crippen LogP contribution in [-0.2, 0) is 24.0 Å². The maximum atomic E-state index is 12.7. The second kappa shape index (κ2) is 6.59. The van der Waals surface area contributed by atoms with Gasteiger partial charge in [-0.15, -0.1) is 0 Å². The van der Waals surface area contributed by atoms with Crippen molar-refractivity contribution >= 4 is 5.78 Å². The maximum absolute atomic E-state index is 12.7. The predicted molar refractivity (Wildman–Crippen MR) is 91.4 cm³/mol. The van der Waals surface area contributed by atoms with E-state index in [1.807, 2.05) is 0 Å². The molecule has 7 unspecified atom stereocenters. The normalized spacial score (nSPS) is 48.9. The zero-order chi connectivity index (χ0) is 17.7. The zero-order valence-electron chi connectivity index (χ0n) is 15.8. The molecule has 4 aliphatic heterocycles. The Hall–Kier alpha value is -0.490. The summed E-state index contributed by atoms with van der Waals surface area (Å²) in [7, 11) is 0. The lowest BCUT2D eigenvalue weighted by Gasteiger charge is -2.58. The molecule has 5 fully saturated rings. The number of fused-ring (bicyclic) bond motifs is 2. The Balaban J connectivity index is 1.61. The van der Waals surface area contributed by atoms with Gasteiger partial charge in [-0.3, -0.25) is 4.79 Å². The Morgan fingerprint density at radius 3 is 2.76 bits per heavy atom. The van der Waals surface area contributed by atoms with Gasteiger partial charge in [-0.1, -0.05) is 39.5 Å². The first-order valence-corrected chi connectivity index (χ1v) is 10.2. The van der Waals surface area contributed by atoms with Gasteiger partial charge in [0.1, 0.15) is 0 Å². The van der Waals surface area contributed by atoms with Crippen molar-refractivity contribution in [2.75, 3.05) is 6.61 Å². The van der Waals surface area contributed by atoms with Gasteiger partial charge in [0.2, 0.25) is 0 Å². The van der Waals surface area contributed by atoms with Gasteiger partial charge in [0.25, 0.3) is 5.79 Å². The smallest absolute Gasteiger partial charge is 0.260 e. The molecule has 5 rings (SSSR count). The summed E-state index contributed by atoms with van der Waals surface area (Å²) < 4.78 is 12.2. The molecule has 5 aliphatic rings. The fourth-order valence-corrected chi connectivity index (χ4v) is 5.64. The number of ether oxygens (including phenoxy) is 2. The Labute approximate surface area is 150 Å². The van der Waals surface area contributed by atoms with E-state index < -0.39 is 17.7 Å². The van der Waals surface area contributed by atoms with Crippen LogP contribution in [0.15, 0.2) is 0 Å². The average molecular weight is 352 g/mol. The Bertz CT molecular complexity index is 522. The molecular weight excluding hydrogens is 320 g/mol. The highest BCUT2D eigenvalue weighted by atomic mass is 17.3. The summed E-state index contributed by atoms with van der Waals surface area (Å²) >= 11 is 0. The van der Waals surface area contributed by atoms with Crippen molar-refractivity contribution in [3.63, 3.8) is 0 Å². The van der Waals surface area contributed by atoms with Crippen LogP contribution in [-0.4, -0.2) is 30.1 Å². The molecule has 0 aromatic rings. The molecule has 0 amide bonds. The van der Waals surface area contributed by atoms with Gasteiger partial charge in [-0.25, -0.2) is 4.89 Å². The second-order valence-electron chi connectivity index (χ2n) is 8.75. The number of ketones is 1. The van der Waals surface area contributed by atoms with Crippen LogP contribution in [0.1, 0.15) is 72.1 Å². The maximum Gasteiger partial charge on any atom is 0.260 e. The van der Waals surface area contributed by atoms with Crippen molar-refractivity contribution < 1.29 is 24.0 Å². The van der Waals surface area contributed by atoms with E-state index in [4.69, 9.17) is 19.2 Å². The molecule has 5 nitrogen and oxygen atoms in total. The van der Waals surface area contributed by atoms with Gasteiger partial charge < -0.3 is 9.47 Å². The summed E-state index contributed by atoms with van der Waals surface area (Å²) in [6.45, 7) is 6.84. The molecule has 0 aromatic carbocycles. The van der Waals surface area contributed by atoms with Crippen molar-refractivity contribution in [2.24, 2.45) is 23.7 Å². The van der Waals surface area contributed by atoms with Crippen LogP contribution in [0.5, 0.6) is 0 Å². The summed E-state index contributed by atoms with van der Waals surface area (Å²) in [6.07, 6.45) is 8.45. The van der Waals surface area contributed by atoms with Gasteiger partial charge >= 0.3 is 0 Å². The molecule has 0 radical (unpaired) electrons. The predicted octanol–water partition coefficient (Wildman–Crippen LogP) is 4.00. The quantitative estimate of drug-likeness (QED) is 0.553. The summed E-state index contributed by atoms with van der Waals surface area (Å²) in [4.78, 5) is 24.4. The van der Waals surface area contributed by atoms with Crippen LogP contribution in [0.4, 0.5) is 0 Å². The summed E-state index contributed by atoms with van der Waals surface area (Å²) in [5, 5.41) is 0. The van der Waals surface area contributed by atoms with Gasteiger partial charge in [0.05, 0.1) is 6.61 Å². The highest BCUT2D eigenvalue weighted by Crippen LogP contribution is 2.59. The molecule has 1 spiro atoms. The van der Waals surface area contributed by atoms with E-state index in [0.717, 1.165) is 19.3 Å². The standard InChI is InChI=1S/C20H32O5/c1-4-5-6-7-8-14-12-22-18-20-15(14)10-9-13(2)16(20)11-17(21)19(3,23-18)24-25-20/h13-16,18H,4-12H2,1-3H3. The SMILES string of the molecule is CCCCCCC1COC2OC3(C)OOC24C(CC3=O)C(C)CCC14. The minimum Gasteiger partial charge on any atom is -0.349 e. The molecule has 142 valence electrons. The Kier molecular flexibility index (Phi) is 4.72. The summed E-state index contributed by atoms with van der Waals surface area (Å²) in [5.41, 5.74) is -0.614. The lowest BCUT2D eigenvalue weighted by atomic mass is 9.57. The number of rotatable bonds is 5. The monoisotopic (exact) mass is 352 g/mol. The largest absolute Gasteiger partial charge is 0.349 e. The molecule has 2 bridgehead atoms. The van der Waals surface area contributed by atoms with Crippen molar-refractivity contribution in [1.82, 2.24) is 0 Å². The van der Waals surface area contributed by atoms with Crippen molar-refractivity contribution in [2.45, 2.75) is 89.8 Å². The van der Waals surface area contributed by atoms with E-state index >= 15 is 0 Å². The number of Topliss-reactive ketones (excluding diaryl/α,β-unsaturated/α-hetero) is 1. The van der Waals surface area contributed by atoms with Crippen LogP contribution in [0.2, 0.25) is 0 Å². The van der Waals surface area contributed by atoms with Crippen molar-refractivity contribution in [3.8, 4) is 0 Å². The lowest BCUT2D eigenvalue weighted by Crippen LogP contribution is -2.69. The number of carbonyl (C=O) groups excluding carboxylic acids is 1. The molecule has 7 atom stereocenters. The van der Waals surface area contributed by atoms with Gasteiger partial charge in [0.15, 0.2) is 17.7 Å². The van der Waals surface area contributed by atoms with Crippen LogP contribution in [0.3, 0.4) is 0 Å². The molecule has 1 saturated carbocycles. The molecule has 4 saturated heterocycles. The summed E-state index contributed by atoms with van der Waals surface area (Å²) in [6, 6.07) is 0. The Morgan fingerprint density at radius 2 is 1.96 bits per heavy atom. The van der Waals surface area contributed by atoms with E-state index in [9.17, 15) is 4.79 Å². The number of carbonyl (C=O) groups is 1. The fraction of sp³-hybridized carbons (Fsp3) is 0.950. The molecule has 0 aromatic heterocycles. The Morgan fingerprint density at radius 1 is 1.12 bits per heavy atom. The van der Waals surface area contributed by atoms with E-state index in [2.05, 4.69) is 13.8 Å². The average Bonchev–Trinajstić information content (AvgIpc) is 2.77. The second-order valence-corrected chi connectivity index (χ2v) is 8.75. The first-order chi connectivity index (χ1) is 12.0. The highest BCUT2D eigenvalue weighted by molar-refractivity contribution is 5.86. The third-order valence-electron chi connectivity index (χ3n) is 7.20. The minimum absolute atomic E-state index is 0.0145. The van der Waals surface area contributed by atoms with Gasteiger partial charge in [0, 0.05) is 25.2 Å². The number of unbranched alkanes of at least 4 members (excludes halogenated alkanes) is 3. The molecule has 4 heterocycles. The van der Waals surface area contributed by atoms with Crippen LogP contribution in [0.25, 0.3) is 0 Å². The van der Waals surface area contributed by atoms with Crippen LogP contribution in [0, 0.1) is 23.7 Å². The van der Waals surface area contributed by atoms with Crippen molar-refractivity contribution in [1.29, 1.82) is 0 Å². The molecule has 0 N–H and O–H groups in total. The third-order valence-corrected chi connectivity index (χ3v) is 7.20. The highest BCUT2D eigenvalue weighted by Gasteiger charge is 2.70. The van der Waals surface area contributed by atoms with Crippen molar-refractivity contribution in [3.05, 3.63) is 0 Å². The number of hydrogen-bond donors (Lipinski definition) is 0. The zero-order valence-corrected chi connectivity index (χ0v) is 15.8. The lowest BCUT2D eigenvalue weighted by molar-refractivity contribution is -0.558. The molecule has 1 aliphatic carbocycles. The van der Waals surface area contributed by atoms with E-state index in [1.165, 1.54) is 25.7 Å². The van der Waals surface area contributed by atoms with E-state index in [-0.39, 0.29) is 11.7 Å². The van der Waals surface area contributed by atoms with E-state index in [0.29, 0.717) is 30.8 Å². The molecule has 25 heavy (non-hydrogen) atoms. The number of hydrogen-bond acceptors (Lipinski definition) is 5. The minimum atomic E-state index is -1.31. The molecular formula is C20H32O5. The first-order valence-electron chi connectivity index (χ1n) is 10.2. The third kappa shape index (κ3) is 2.70. The first kappa shape index (κ1) is 17.9. The van der Waals surface area contributed by atoms with Gasteiger partial charge in [-0.2, -0.15) is 4.89 Å².